The maximum Gasteiger partial charge on any atom is 0.323 e. The van der Waals surface area contributed by atoms with Crippen LogP contribution in [0.15, 0.2) is 12.7 Å². The normalized spacial score (nSPS) is 25.4. The van der Waals surface area contributed by atoms with Crippen molar-refractivity contribution in [3.63, 3.8) is 0 Å². The molecule has 18 heteroatoms. The maximum absolute atomic E-state index is 15.6. The van der Waals surface area contributed by atoms with Crippen molar-refractivity contribution in [2.45, 2.75) is 77.3 Å². The van der Waals surface area contributed by atoms with Crippen LogP contribution in [0.3, 0.4) is 0 Å². The van der Waals surface area contributed by atoms with Gasteiger partial charge in [-0.2, -0.15) is 0 Å². The molecule has 3 heterocycles. The minimum atomic E-state index is -3.47. The van der Waals surface area contributed by atoms with Gasteiger partial charge in [-0.15, -0.1) is 0 Å². The van der Waals surface area contributed by atoms with Crippen molar-refractivity contribution in [1.82, 2.24) is 24.6 Å². The van der Waals surface area contributed by atoms with Gasteiger partial charge in [0, 0.05) is 11.2 Å². The Hall–Kier alpha value is -1.49. The standard InChI is InChI=1S/C23H35ClFN6O7PS2/c1-12(2)37-19(33)13(3)30-39(40,35-7-8-41-21(34)22(4,5)6)36-9-14-16(32)23(24,25)20(38-14)31-11-29-15-17(26)27-10-28-18(15)31/h10-14,16,20,32H,7-9H2,1-6H3,(H,30,40)(H2,26,27,28)/t13-,14+,16+,20+,23+,39+/m0/s1. The molecule has 1 fully saturated rings. The number of esters is 1. The van der Waals surface area contributed by atoms with Gasteiger partial charge in [0.2, 0.25) is 0 Å². The van der Waals surface area contributed by atoms with E-state index in [1.165, 1.54) is 24.1 Å². The molecule has 0 amide bonds. The fourth-order valence-corrected chi connectivity index (χ4v) is 7.13. The number of nitrogen functional groups attached to an aromatic ring is 1. The van der Waals surface area contributed by atoms with E-state index in [0.717, 1.165) is 11.8 Å². The topological polar surface area (TPSA) is 173 Å². The minimum Gasteiger partial charge on any atom is -0.462 e. The Morgan fingerprint density at radius 2 is 2.02 bits per heavy atom. The summed E-state index contributed by atoms with van der Waals surface area (Å²) in [7, 11) is 0. The molecule has 6 atom stereocenters. The number of thioether (sulfide) groups is 1. The molecule has 1 aliphatic rings. The molecule has 4 N–H and O–H groups in total. The Labute approximate surface area is 251 Å². The van der Waals surface area contributed by atoms with E-state index in [0.29, 0.717) is 0 Å². The molecule has 0 aliphatic carbocycles. The smallest absolute Gasteiger partial charge is 0.323 e. The molecule has 3 rings (SSSR count). The molecule has 13 nitrogen and oxygen atoms in total. The van der Waals surface area contributed by atoms with Gasteiger partial charge in [0.15, 0.2) is 22.8 Å². The van der Waals surface area contributed by atoms with Crippen molar-refractivity contribution in [3.8, 4) is 0 Å². The number of anilines is 1. The highest BCUT2D eigenvalue weighted by atomic mass is 35.5. The van der Waals surface area contributed by atoms with Crippen LogP contribution in [0.2, 0.25) is 0 Å². The van der Waals surface area contributed by atoms with Crippen LogP contribution in [-0.2, 0) is 39.9 Å². The van der Waals surface area contributed by atoms with Crippen LogP contribution in [0, 0.1) is 5.41 Å². The van der Waals surface area contributed by atoms with E-state index >= 15 is 4.39 Å². The van der Waals surface area contributed by atoms with Crippen LogP contribution in [0.1, 0.15) is 47.8 Å². The summed E-state index contributed by atoms with van der Waals surface area (Å²) in [5.74, 6) is -0.251. The summed E-state index contributed by atoms with van der Waals surface area (Å²) in [5.41, 5.74) is 5.63. The third kappa shape index (κ3) is 8.33. The number of hydrogen-bond acceptors (Lipinski definition) is 13. The van der Waals surface area contributed by atoms with E-state index in [9.17, 15) is 14.7 Å². The summed E-state index contributed by atoms with van der Waals surface area (Å²) in [5, 5.41) is 10.7. The first-order valence-corrected chi connectivity index (χ1v) is 16.7. The molecular formula is C23H35ClFN6O7PS2. The Morgan fingerprint density at radius 3 is 2.66 bits per heavy atom. The van der Waals surface area contributed by atoms with Gasteiger partial charge in [-0.3, -0.25) is 14.2 Å². The Morgan fingerprint density at radius 1 is 1.34 bits per heavy atom. The number of hydrogen-bond donors (Lipinski definition) is 3. The fraction of sp³-hybridized carbons (Fsp3) is 0.696. The lowest BCUT2D eigenvalue weighted by molar-refractivity contribution is -0.149. The number of nitrogens with zero attached hydrogens (tertiary/aromatic N) is 4. The van der Waals surface area contributed by atoms with Gasteiger partial charge >= 0.3 is 5.97 Å². The van der Waals surface area contributed by atoms with E-state index in [4.69, 9.17) is 47.7 Å². The number of carbonyl (C=O) groups is 2. The molecule has 1 aliphatic heterocycles. The number of carbonyl (C=O) groups excluding carboxylic acids is 2. The molecule has 0 aromatic carbocycles. The summed E-state index contributed by atoms with van der Waals surface area (Å²) in [6, 6.07) is -0.926. The molecule has 0 unspecified atom stereocenters. The zero-order chi connectivity index (χ0) is 30.8. The number of aliphatic hydroxyl groups is 1. The fourth-order valence-electron chi connectivity index (χ4n) is 3.56. The van der Waals surface area contributed by atoms with Crippen LogP contribution in [0.4, 0.5) is 10.2 Å². The number of fused-ring (bicyclic) bond motifs is 1. The first kappa shape index (κ1) is 34.0. The molecule has 0 bridgehead atoms. The van der Waals surface area contributed by atoms with Crippen LogP contribution < -0.4 is 10.8 Å². The van der Waals surface area contributed by atoms with E-state index in [1.807, 2.05) is 0 Å². The maximum atomic E-state index is 15.6. The minimum absolute atomic E-state index is 0.00409. The van der Waals surface area contributed by atoms with Gasteiger partial charge in [-0.1, -0.05) is 44.1 Å². The number of nitrogens with one attached hydrogen (secondary N) is 1. The lowest BCUT2D eigenvalue weighted by Gasteiger charge is -2.28. The molecule has 0 saturated carbocycles. The number of halogens is 2. The third-order valence-electron chi connectivity index (χ3n) is 5.68. The summed E-state index contributed by atoms with van der Waals surface area (Å²) in [4.78, 5) is 36.7. The lowest BCUT2D eigenvalue weighted by Crippen LogP contribution is -2.39. The van der Waals surface area contributed by atoms with E-state index < -0.39 is 54.2 Å². The van der Waals surface area contributed by atoms with E-state index in [2.05, 4.69) is 20.0 Å². The predicted octanol–water partition coefficient (Wildman–Crippen LogP) is 3.06. The Kier molecular flexibility index (Phi) is 11.1. The van der Waals surface area contributed by atoms with Crippen molar-refractivity contribution in [2.75, 3.05) is 24.7 Å². The second-order valence-corrected chi connectivity index (χ2v) is 15.4. The molecule has 1 saturated heterocycles. The van der Waals surface area contributed by atoms with Crippen molar-refractivity contribution in [3.05, 3.63) is 12.7 Å². The van der Waals surface area contributed by atoms with Crippen molar-refractivity contribution < 1.29 is 37.6 Å². The number of rotatable bonds is 12. The number of nitrogens with two attached hydrogens (primary N) is 1. The Bertz CT molecular complexity index is 1300. The number of aromatic nitrogens is 4. The highest BCUT2D eigenvalue weighted by Gasteiger charge is 2.58. The number of imidazole rings is 1. The molecular weight excluding hydrogens is 622 g/mol. The SMILES string of the molecule is CC(C)OC(=O)[C@H](C)N[P@@](=S)(OCCSC(=O)C(C)(C)C)OC[C@H]1O[C@@H](n2cnc3c(N)ncnc32)[C@@](F)(Cl)[C@@H]1O. The van der Waals surface area contributed by atoms with Crippen LogP contribution in [0.5, 0.6) is 0 Å². The first-order chi connectivity index (χ1) is 19.0. The highest BCUT2D eigenvalue weighted by Crippen LogP contribution is 2.49. The van der Waals surface area contributed by atoms with Crippen molar-refractivity contribution in [1.29, 1.82) is 0 Å². The average molecular weight is 657 g/mol. The zero-order valence-electron chi connectivity index (χ0n) is 23.4. The van der Waals surface area contributed by atoms with E-state index in [1.54, 1.807) is 34.6 Å². The second-order valence-electron chi connectivity index (χ2n) is 10.6. The van der Waals surface area contributed by atoms with Gasteiger partial charge in [-0.25, -0.2) is 24.4 Å². The van der Waals surface area contributed by atoms with Crippen molar-refractivity contribution >= 4 is 69.9 Å². The molecule has 0 radical (unpaired) electrons. The van der Waals surface area contributed by atoms with Gasteiger partial charge in [0.05, 0.1) is 25.6 Å². The second kappa shape index (κ2) is 13.4. The van der Waals surface area contributed by atoms with Crippen LogP contribution in [0.25, 0.3) is 11.2 Å². The third-order valence-corrected chi connectivity index (χ3v) is 9.99. The molecule has 0 spiro atoms. The van der Waals surface area contributed by atoms with Crippen LogP contribution in [-0.4, -0.2) is 84.2 Å². The summed E-state index contributed by atoms with van der Waals surface area (Å²) in [6.07, 6.45) is -2.70. The summed E-state index contributed by atoms with van der Waals surface area (Å²) in [6.45, 7) is 6.41. The van der Waals surface area contributed by atoms with Gasteiger partial charge < -0.3 is 29.4 Å². The van der Waals surface area contributed by atoms with Crippen LogP contribution >= 0.6 is 30.0 Å². The zero-order valence-corrected chi connectivity index (χ0v) is 26.7. The number of aliphatic hydroxyl groups excluding tert-OH is 1. The summed E-state index contributed by atoms with van der Waals surface area (Å²) < 4.78 is 39.5. The average Bonchev–Trinajstić information content (AvgIpc) is 3.38. The molecule has 2 aromatic heterocycles. The Balaban J connectivity index is 1.74. The molecule has 41 heavy (non-hydrogen) atoms. The molecule has 2 aromatic rings. The van der Waals surface area contributed by atoms with Gasteiger partial charge in [0.25, 0.3) is 11.8 Å². The molecule has 230 valence electrons. The van der Waals surface area contributed by atoms with Crippen molar-refractivity contribution in [2.24, 2.45) is 5.41 Å². The largest absolute Gasteiger partial charge is 0.462 e. The first-order valence-electron chi connectivity index (χ1n) is 12.6. The lowest BCUT2D eigenvalue weighted by atomic mass is 10.00. The number of ether oxygens (including phenoxy) is 2. The van der Waals surface area contributed by atoms with Gasteiger partial charge in [-0.05, 0) is 32.6 Å². The summed E-state index contributed by atoms with van der Waals surface area (Å²) >= 11 is 12.8. The van der Waals surface area contributed by atoms with E-state index in [-0.39, 0.29) is 40.6 Å². The monoisotopic (exact) mass is 656 g/mol. The number of alkyl halides is 2. The predicted molar refractivity (Wildman–Crippen MR) is 156 cm³/mol. The quantitative estimate of drug-likeness (QED) is 0.132. The highest BCUT2D eigenvalue weighted by molar-refractivity contribution is 8.13. The van der Waals surface area contributed by atoms with Gasteiger partial charge in [0.1, 0.15) is 30.1 Å².